The predicted octanol–water partition coefficient (Wildman–Crippen LogP) is 10.8. The first kappa shape index (κ1) is 69.6. The van der Waals surface area contributed by atoms with E-state index >= 15 is 0 Å². The van der Waals surface area contributed by atoms with E-state index in [1.165, 1.54) is 180 Å². The van der Waals surface area contributed by atoms with Gasteiger partial charge in [-0.05, 0) is 44.9 Å². The van der Waals surface area contributed by atoms with Crippen molar-refractivity contribution in [1.82, 2.24) is 5.32 Å². The summed E-state index contributed by atoms with van der Waals surface area (Å²) < 4.78 is 22.9. The number of aliphatic hydroxyl groups excluding tert-OH is 8. The van der Waals surface area contributed by atoms with E-state index in [0.29, 0.717) is 12.8 Å². The number of ether oxygens (including phenoxy) is 4. The van der Waals surface area contributed by atoms with Gasteiger partial charge in [-0.1, -0.05) is 237 Å². The Bertz CT molecular complexity index is 1350. The summed E-state index contributed by atoms with van der Waals surface area (Å²) in [5, 5.41) is 87.3. The van der Waals surface area contributed by atoms with Gasteiger partial charge < -0.3 is 65.1 Å². The van der Waals surface area contributed by atoms with Crippen LogP contribution in [0.4, 0.5) is 0 Å². The van der Waals surface area contributed by atoms with Gasteiger partial charge in [0, 0.05) is 6.42 Å². The lowest BCUT2D eigenvalue weighted by Gasteiger charge is -2.46. The predicted molar refractivity (Wildman–Crippen MR) is 300 cm³/mol. The largest absolute Gasteiger partial charge is 0.394 e. The van der Waals surface area contributed by atoms with Crippen LogP contribution in [0.3, 0.4) is 0 Å². The number of unbranched alkanes of at least 4 members (excludes halogenated alkanes) is 33. The maximum atomic E-state index is 13.3. The fourth-order valence-corrected chi connectivity index (χ4v) is 10.4. The molecule has 0 aromatic rings. The molecule has 0 aliphatic carbocycles. The molecule has 2 aliphatic heterocycles. The minimum atomic E-state index is -1.78. The molecule has 2 saturated heterocycles. The Kier molecular flexibility index (Phi) is 43.9. The molecule has 9 N–H and O–H groups in total. The van der Waals surface area contributed by atoms with Crippen LogP contribution in [0.2, 0.25) is 0 Å². The monoisotopic (exact) mass is 1070 g/mol. The quantitative estimate of drug-likeness (QED) is 0.0204. The second-order valence-corrected chi connectivity index (χ2v) is 22.2. The maximum Gasteiger partial charge on any atom is 0.220 e. The average Bonchev–Trinajstić information content (AvgIpc) is 3.41. The first-order chi connectivity index (χ1) is 36.6. The van der Waals surface area contributed by atoms with Gasteiger partial charge in [0.15, 0.2) is 12.6 Å². The smallest absolute Gasteiger partial charge is 0.220 e. The first-order valence-electron chi connectivity index (χ1n) is 31.1. The van der Waals surface area contributed by atoms with Crippen LogP contribution in [0.25, 0.3) is 0 Å². The van der Waals surface area contributed by atoms with Gasteiger partial charge in [0.1, 0.15) is 48.8 Å². The van der Waals surface area contributed by atoms with Crippen LogP contribution in [0.15, 0.2) is 24.3 Å². The molecule has 0 bridgehead atoms. The highest BCUT2D eigenvalue weighted by atomic mass is 16.7. The zero-order valence-electron chi connectivity index (χ0n) is 47.6. The molecule has 2 heterocycles. The summed E-state index contributed by atoms with van der Waals surface area (Å²) in [7, 11) is 0. The van der Waals surface area contributed by atoms with E-state index in [2.05, 4.69) is 43.5 Å². The third kappa shape index (κ3) is 33.0. The number of carbonyl (C=O) groups is 1. The third-order valence-electron chi connectivity index (χ3n) is 15.4. The van der Waals surface area contributed by atoms with Gasteiger partial charge in [0.05, 0.1) is 32.0 Å². The molecule has 75 heavy (non-hydrogen) atoms. The number of nitrogens with one attached hydrogen (secondary N) is 1. The number of hydrogen-bond donors (Lipinski definition) is 9. The second-order valence-electron chi connectivity index (χ2n) is 22.2. The van der Waals surface area contributed by atoms with Crippen molar-refractivity contribution < 1.29 is 64.6 Å². The molecule has 442 valence electrons. The van der Waals surface area contributed by atoms with Gasteiger partial charge in [-0.2, -0.15) is 0 Å². The van der Waals surface area contributed by atoms with Crippen molar-refractivity contribution in [2.45, 2.75) is 338 Å². The van der Waals surface area contributed by atoms with Gasteiger partial charge >= 0.3 is 0 Å². The molecule has 0 saturated carbocycles. The molecule has 12 unspecified atom stereocenters. The Labute approximate surface area is 456 Å². The highest BCUT2D eigenvalue weighted by Crippen LogP contribution is 2.30. The van der Waals surface area contributed by atoms with Gasteiger partial charge in [0.2, 0.25) is 5.91 Å². The van der Waals surface area contributed by atoms with Crippen LogP contribution in [0.5, 0.6) is 0 Å². The summed E-state index contributed by atoms with van der Waals surface area (Å²) in [6, 6.07) is -0.828. The van der Waals surface area contributed by atoms with E-state index in [1.807, 2.05) is 0 Å². The zero-order valence-corrected chi connectivity index (χ0v) is 47.6. The Balaban J connectivity index is 1.73. The van der Waals surface area contributed by atoms with E-state index < -0.39 is 86.8 Å². The highest BCUT2D eigenvalue weighted by Gasteiger charge is 2.51. The molecular weight excluding hydrogens is 955 g/mol. The lowest BCUT2D eigenvalue weighted by Crippen LogP contribution is -2.65. The van der Waals surface area contributed by atoms with Crippen molar-refractivity contribution in [2.24, 2.45) is 0 Å². The average molecular weight is 1070 g/mol. The van der Waals surface area contributed by atoms with E-state index in [4.69, 9.17) is 18.9 Å². The lowest BCUT2D eigenvalue weighted by molar-refractivity contribution is -0.359. The fourth-order valence-electron chi connectivity index (χ4n) is 10.4. The minimum Gasteiger partial charge on any atom is -0.394 e. The topological polar surface area (TPSA) is 228 Å². The van der Waals surface area contributed by atoms with Gasteiger partial charge in [-0.3, -0.25) is 4.79 Å². The van der Waals surface area contributed by atoms with Crippen LogP contribution in [-0.4, -0.2) is 140 Å². The zero-order chi connectivity index (χ0) is 54.6. The van der Waals surface area contributed by atoms with Crippen molar-refractivity contribution in [3.63, 3.8) is 0 Å². The molecule has 2 rings (SSSR count). The summed E-state index contributed by atoms with van der Waals surface area (Å²) in [6.07, 6.45) is 38.8. The number of hydrogen-bond acceptors (Lipinski definition) is 13. The number of amides is 1. The Morgan fingerprint density at radius 1 is 0.480 bits per heavy atom. The van der Waals surface area contributed by atoms with Crippen molar-refractivity contribution in [2.75, 3.05) is 19.8 Å². The molecule has 14 heteroatoms. The van der Waals surface area contributed by atoms with Crippen LogP contribution < -0.4 is 5.32 Å². The van der Waals surface area contributed by atoms with E-state index in [-0.39, 0.29) is 12.5 Å². The molecule has 2 fully saturated rings. The summed E-state index contributed by atoms with van der Waals surface area (Å²) >= 11 is 0. The molecule has 0 radical (unpaired) electrons. The van der Waals surface area contributed by atoms with Crippen LogP contribution in [-0.2, 0) is 23.7 Å². The van der Waals surface area contributed by atoms with Gasteiger partial charge in [0.25, 0.3) is 0 Å². The van der Waals surface area contributed by atoms with E-state index in [0.717, 1.165) is 57.8 Å². The Morgan fingerprint density at radius 3 is 1.33 bits per heavy atom. The summed E-state index contributed by atoms with van der Waals surface area (Å²) in [5.74, 6) is -0.206. The standard InChI is InChI=1S/C61H115NO13/c1-3-5-7-9-11-13-15-17-19-21-23-24-25-26-27-29-31-33-35-37-39-41-43-45-53(66)62-49(50(65)44-42-40-38-36-34-32-30-28-22-20-18-16-14-12-10-8-6-4-2)48-72-60-58(71)56(69)59(52(47-64)74-60)75-61-57(70)55(68)54(67)51(46-63)73-61/h15,17,21,23,49-52,54-61,63-65,67-71H,3-14,16,18-20,22,24-48H2,1-2H3,(H,62,66)/b17-15-,23-21-. The summed E-state index contributed by atoms with van der Waals surface area (Å²) in [5.41, 5.74) is 0. The van der Waals surface area contributed by atoms with Gasteiger partial charge in [-0.25, -0.2) is 0 Å². The molecule has 12 atom stereocenters. The third-order valence-corrected chi connectivity index (χ3v) is 15.4. The molecule has 1 amide bonds. The normalized spacial score (nSPS) is 25.1. The van der Waals surface area contributed by atoms with E-state index in [1.54, 1.807) is 0 Å². The van der Waals surface area contributed by atoms with E-state index in [9.17, 15) is 45.6 Å². The van der Waals surface area contributed by atoms with Crippen molar-refractivity contribution >= 4 is 5.91 Å². The maximum absolute atomic E-state index is 13.3. The second kappa shape index (κ2) is 47.3. The molecule has 0 aromatic heterocycles. The van der Waals surface area contributed by atoms with Crippen LogP contribution >= 0.6 is 0 Å². The molecule has 0 spiro atoms. The molecule has 0 aromatic carbocycles. The highest BCUT2D eigenvalue weighted by molar-refractivity contribution is 5.76. The number of rotatable bonds is 50. The van der Waals surface area contributed by atoms with Gasteiger partial charge in [-0.15, -0.1) is 0 Å². The van der Waals surface area contributed by atoms with Crippen LogP contribution in [0.1, 0.15) is 264 Å². The molecule has 2 aliphatic rings. The Hall–Kier alpha value is -1.53. The van der Waals surface area contributed by atoms with Crippen molar-refractivity contribution in [3.8, 4) is 0 Å². The molecular formula is C61H115NO13. The minimum absolute atomic E-state index is 0.206. The number of aliphatic hydroxyl groups is 8. The summed E-state index contributed by atoms with van der Waals surface area (Å²) in [4.78, 5) is 13.3. The lowest BCUT2D eigenvalue weighted by atomic mass is 9.97. The molecule has 14 nitrogen and oxygen atoms in total. The fraction of sp³-hybridized carbons (Fsp3) is 0.918. The number of allylic oxidation sites excluding steroid dienone is 4. The van der Waals surface area contributed by atoms with Crippen molar-refractivity contribution in [3.05, 3.63) is 24.3 Å². The Morgan fingerprint density at radius 2 is 0.880 bits per heavy atom. The first-order valence-corrected chi connectivity index (χ1v) is 31.1. The number of carbonyl (C=O) groups excluding carboxylic acids is 1. The summed E-state index contributed by atoms with van der Waals surface area (Å²) in [6.45, 7) is 2.88. The van der Waals surface area contributed by atoms with Crippen LogP contribution in [0, 0.1) is 0 Å². The van der Waals surface area contributed by atoms with Crippen molar-refractivity contribution in [1.29, 1.82) is 0 Å². The SMILES string of the molecule is CCCCCCC/C=C\C/C=C\CCCCCCCCCCCCCC(=O)NC(COC1OC(CO)C(OC2OC(CO)C(O)C(O)C2O)C(O)C1O)C(O)CCCCCCCCCCCCCCCCCCCC.